The third kappa shape index (κ3) is 3.84. The summed E-state index contributed by atoms with van der Waals surface area (Å²) in [5.41, 5.74) is 10.2. The first-order chi connectivity index (χ1) is 22.8. The molecule has 10 rings (SSSR count). The van der Waals surface area contributed by atoms with Crippen LogP contribution in [0.4, 0.5) is 0 Å². The lowest BCUT2D eigenvalue weighted by atomic mass is 9.97. The Hall–Kier alpha value is -5.84. The molecule has 0 saturated heterocycles. The molecule has 0 spiro atoms. The highest BCUT2D eigenvalue weighted by Gasteiger charge is 2.19. The van der Waals surface area contributed by atoms with Gasteiger partial charge in [-0.1, -0.05) is 115 Å². The van der Waals surface area contributed by atoms with Gasteiger partial charge < -0.3 is 4.42 Å². The van der Waals surface area contributed by atoms with Gasteiger partial charge in [-0.2, -0.15) is 0 Å². The first kappa shape index (κ1) is 25.5. The molecule has 0 atom stereocenters. The van der Waals surface area contributed by atoms with Gasteiger partial charge in [0.25, 0.3) is 0 Å². The molecule has 0 aliphatic carbocycles. The predicted octanol–water partition coefficient (Wildman–Crippen LogP) is 12.1. The minimum atomic E-state index is 0.918. The van der Waals surface area contributed by atoms with Crippen LogP contribution in [0, 0.1) is 0 Å². The lowest BCUT2D eigenvalue weighted by Crippen LogP contribution is -1.91. The molecule has 0 fully saturated rings. The monoisotopic (exact) mass is 604 g/mol. The lowest BCUT2D eigenvalue weighted by Gasteiger charge is -2.09. The number of aromatic nitrogens is 2. The molecule has 4 heterocycles. The number of pyridine rings is 2. The number of para-hydroxylation sites is 1. The van der Waals surface area contributed by atoms with Crippen molar-refractivity contribution in [2.24, 2.45) is 0 Å². The molecule has 10 aromatic rings. The molecule has 3 nitrogen and oxygen atoms in total. The molecule has 0 bridgehead atoms. The third-order valence-corrected chi connectivity index (χ3v) is 10.3. The molecule has 0 saturated carbocycles. The molecule has 0 aliphatic rings. The van der Waals surface area contributed by atoms with Crippen LogP contribution in [0.2, 0.25) is 0 Å². The van der Waals surface area contributed by atoms with E-state index in [2.05, 4.69) is 121 Å². The van der Waals surface area contributed by atoms with Crippen LogP contribution in [0.3, 0.4) is 0 Å². The van der Waals surface area contributed by atoms with E-state index in [4.69, 9.17) is 14.4 Å². The van der Waals surface area contributed by atoms with Crippen molar-refractivity contribution < 1.29 is 4.42 Å². The van der Waals surface area contributed by atoms with Gasteiger partial charge in [-0.05, 0) is 35.9 Å². The van der Waals surface area contributed by atoms with Crippen molar-refractivity contribution in [2.75, 3.05) is 0 Å². The maximum Gasteiger partial charge on any atom is 0.144 e. The van der Waals surface area contributed by atoms with Crippen LogP contribution in [0.15, 0.2) is 150 Å². The summed E-state index contributed by atoms with van der Waals surface area (Å²) in [6.07, 6.45) is 0. The Labute approximate surface area is 268 Å². The number of nitrogens with zero attached hydrogens (tertiary/aromatic N) is 2. The molecule has 4 aromatic heterocycles. The topological polar surface area (TPSA) is 38.9 Å². The van der Waals surface area contributed by atoms with E-state index >= 15 is 0 Å². The van der Waals surface area contributed by atoms with E-state index in [-0.39, 0.29) is 0 Å². The number of hydrogen-bond acceptors (Lipinski definition) is 4. The van der Waals surface area contributed by atoms with Gasteiger partial charge >= 0.3 is 0 Å². The fourth-order valence-electron chi connectivity index (χ4n) is 6.80. The second-order valence-electron chi connectivity index (χ2n) is 11.7. The minimum Gasteiger partial charge on any atom is -0.455 e. The molecule has 0 aliphatic heterocycles. The van der Waals surface area contributed by atoms with Gasteiger partial charge in [0.15, 0.2) is 0 Å². The summed E-state index contributed by atoms with van der Waals surface area (Å²) in [6, 6.07) is 51.2. The summed E-state index contributed by atoms with van der Waals surface area (Å²) in [7, 11) is 0. The smallest absolute Gasteiger partial charge is 0.144 e. The first-order valence-corrected chi connectivity index (χ1v) is 16.2. The Kier molecular flexibility index (Phi) is 5.45. The van der Waals surface area contributed by atoms with E-state index in [0.717, 1.165) is 66.3 Å². The van der Waals surface area contributed by atoms with Crippen molar-refractivity contribution in [1.29, 1.82) is 0 Å². The van der Waals surface area contributed by atoms with Gasteiger partial charge in [0, 0.05) is 58.4 Å². The van der Waals surface area contributed by atoms with E-state index < -0.39 is 0 Å². The van der Waals surface area contributed by atoms with Crippen molar-refractivity contribution in [1.82, 2.24) is 9.97 Å². The van der Waals surface area contributed by atoms with Gasteiger partial charge in [-0.25, -0.2) is 9.97 Å². The van der Waals surface area contributed by atoms with Crippen LogP contribution in [0.5, 0.6) is 0 Å². The van der Waals surface area contributed by atoms with Gasteiger partial charge in [0.1, 0.15) is 11.2 Å². The minimum absolute atomic E-state index is 0.918. The second-order valence-corrected chi connectivity index (χ2v) is 12.8. The highest BCUT2D eigenvalue weighted by molar-refractivity contribution is 7.26. The molecule has 4 heteroatoms. The van der Waals surface area contributed by atoms with E-state index in [1.54, 1.807) is 0 Å². The quantitative estimate of drug-likeness (QED) is 0.188. The number of rotatable bonds is 3. The van der Waals surface area contributed by atoms with Gasteiger partial charge in [0.05, 0.1) is 22.4 Å². The van der Waals surface area contributed by atoms with Gasteiger partial charge in [-0.3, -0.25) is 0 Å². The SMILES string of the molecule is c1ccc(-c2ccc3ccc4ccc(-c5ccc(-c6cc7c8ccccc8oc7c7c6sc6ccccc67)cc5)nc4c3n2)cc1. The van der Waals surface area contributed by atoms with E-state index in [1.165, 1.54) is 31.3 Å². The molecule has 0 amide bonds. The molecule has 6 aromatic carbocycles. The fourth-order valence-corrected chi connectivity index (χ4v) is 8.04. The Morgan fingerprint density at radius 2 is 1.07 bits per heavy atom. The maximum absolute atomic E-state index is 6.49. The summed E-state index contributed by atoms with van der Waals surface area (Å²) in [6.45, 7) is 0. The molecule has 0 unspecified atom stereocenters. The van der Waals surface area contributed by atoms with Crippen LogP contribution in [0.1, 0.15) is 0 Å². The third-order valence-electron chi connectivity index (χ3n) is 9.07. The predicted molar refractivity (Wildman–Crippen MR) is 194 cm³/mol. The summed E-state index contributed by atoms with van der Waals surface area (Å²) >= 11 is 1.83. The van der Waals surface area contributed by atoms with E-state index in [9.17, 15) is 0 Å². The highest BCUT2D eigenvalue weighted by atomic mass is 32.1. The molecular formula is C42H24N2OS. The average Bonchev–Trinajstić information content (AvgIpc) is 3.70. The summed E-state index contributed by atoms with van der Waals surface area (Å²) in [4.78, 5) is 10.3. The highest BCUT2D eigenvalue weighted by Crippen LogP contribution is 2.46. The summed E-state index contributed by atoms with van der Waals surface area (Å²) < 4.78 is 9.00. The van der Waals surface area contributed by atoms with Gasteiger partial charge in [0.2, 0.25) is 0 Å². The summed E-state index contributed by atoms with van der Waals surface area (Å²) in [5, 5.41) is 6.89. The zero-order valence-electron chi connectivity index (χ0n) is 24.6. The first-order valence-electron chi connectivity index (χ1n) is 15.4. The standard InChI is InChI=1S/C42H24N2OS/c1-2-8-26(9-3-1)34-22-20-28-18-19-29-21-23-35(44-40(29)39(28)43-34)27-16-14-25(15-17-27)32-24-33-30-10-4-6-12-36(30)45-41(33)38-31-11-5-7-13-37(31)46-42(32)38/h1-24H. The van der Waals surface area contributed by atoms with Crippen LogP contribution in [-0.2, 0) is 0 Å². The molecule has 0 N–H and O–H groups in total. The van der Waals surface area contributed by atoms with Crippen molar-refractivity contribution in [3.63, 3.8) is 0 Å². The van der Waals surface area contributed by atoms with Crippen LogP contribution in [0.25, 0.3) is 97.6 Å². The lowest BCUT2D eigenvalue weighted by molar-refractivity contribution is 0.673. The Balaban J connectivity index is 1.13. The van der Waals surface area contributed by atoms with Crippen molar-refractivity contribution in [2.45, 2.75) is 0 Å². The summed E-state index contributed by atoms with van der Waals surface area (Å²) in [5.74, 6) is 0. The number of hydrogen-bond donors (Lipinski definition) is 0. The van der Waals surface area contributed by atoms with Crippen LogP contribution >= 0.6 is 11.3 Å². The number of thiophene rings is 1. The van der Waals surface area contributed by atoms with Crippen molar-refractivity contribution in [3.8, 4) is 33.6 Å². The van der Waals surface area contributed by atoms with Crippen molar-refractivity contribution >= 4 is 75.3 Å². The number of benzene rings is 6. The van der Waals surface area contributed by atoms with E-state index in [1.807, 2.05) is 35.6 Å². The van der Waals surface area contributed by atoms with Crippen LogP contribution < -0.4 is 0 Å². The van der Waals surface area contributed by atoms with Crippen molar-refractivity contribution in [3.05, 3.63) is 146 Å². The number of fused-ring (bicyclic) bond motifs is 10. The maximum atomic E-state index is 6.49. The zero-order valence-corrected chi connectivity index (χ0v) is 25.4. The van der Waals surface area contributed by atoms with Gasteiger partial charge in [-0.15, -0.1) is 11.3 Å². The molecule has 214 valence electrons. The normalized spacial score (nSPS) is 11.9. The molecule has 46 heavy (non-hydrogen) atoms. The molecule has 0 radical (unpaired) electrons. The fraction of sp³-hybridized carbons (Fsp3) is 0. The van der Waals surface area contributed by atoms with E-state index in [0.29, 0.717) is 0 Å². The average molecular weight is 605 g/mol. The Morgan fingerprint density at radius 1 is 0.478 bits per heavy atom. The Bertz CT molecular complexity index is 2790. The van der Waals surface area contributed by atoms with Crippen LogP contribution in [-0.4, -0.2) is 9.97 Å². The largest absolute Gasteiger partial charge is 0.455 e. The zero-order chi connectivity index (χ0) is 30.2. The second kappa shape index (κ2) is 9.83. The molecular weight excluding hydrogens is 581 g/mol. The number of furan rings is 1. The Morgan fingerprint density at radius 3 is 1.80 bits per heavy atom.